The molecule has 5 nitrogen and oxygen atoms in total. The Bertz CT molecular complexity index is 585. The number of hydrogen-bond donors (Lipinski definition) is 1. The summed E-state index contributed by atoms with van der Waals surface area (Å²) >= 11 is 0. The summed E-state index contributed by atoms with van der Waals surface area (Å²) < 4.78 is 11.3. The van der Waals surface area contributed by atoms with Crippen LogP contribution in [-0.2, 0) is 4.74 Å². The van der Waals surface area contributed by atoms with Gasteiger partial charge in [-0.2, -0.15) is 0 Å². The standard InChI is InChI=1S/C20H32N2O3/c1-14(2)13-24-18-12-16(6-7-17(18)21)15-8-10-22(11-9-15)19(23)25-20(3,4)5/h6-7,12,14-15H,8-11,13,21H2,1-5H3. The van der Waals surface area contributed by atoms with Crippen molar-refractivity contribution >= 4 is 11.8 Å². The van der Waals surface area contributed by atoms with E-state index in [1.807, 2.05) is 26.8 Å². The van der Waals surface area contributed by atoms with Gasteiger partial charge in [-0.3, -0.25) is 0 Å². The maximum Gasteiger partial charge on any atom is 0.410 e. The van der Waals surface area contributed by atoms with Crippen LogP contribution in [-0.4, -0.2) is 36.3 Å². The Morgan fingerprint density at radius 2 is 1.92 bits per heavy atom. The number of rotatable bonds is 4. The highest BCUT2D eigenvalue weighted by atomic mass is 16.6. The van der Waals surface area contributed by atoms with E-state index in [1.165, 1.54) is 5.56 Å². The lowest BCUT2D eigenvalue weighted by molar-refractivity contribution is 0.0205. The number of benzene rings is 1. The van der Waals surface area contributed by atoms with Gasteiger partial charge in [0.05, 0.1) is 12.3 Å². The average Bonchev–Trinajstić information content (AvgIpc) is 2.52. The number of likely N-dealkylation sites (tertiary alicyclic amines) is 1. The summed E-state index contributed by atoms with van der Waals surface area (Å²) in [5.41, 5.74) is 7.49. The van der Waals surface area contributed by atoms with E-state index in [9.17, 15) is 4.79 Å². The lowest BCUT2D eigenvalue weighted by atomic mass is 9.89. The Balaban J connectivity index is 1.96. The molecule has 1 aliphatic rings. The van der Waals surface area contributed by atoms with Crippen LogP contribution < -0.4 is 10.5 Å². The van der Waals surface area contributed by atoms with Gasteiger partial charge in [0.15, 0.2) is 0 Å². The van der Waals surface area contributed by atoms with Crippen molar-refractivity contribution < 1.29 is 14.3 Å². The summed E-state index contributed by atoms with van der Waals surface area (Å²) in [5, 5.41) is 0. The van der Waals surface area contributed by atoms with E-state index in [0.29, 0.717) is 37.2 Å². The molecule has 1 aliphatic heterocycles. The van der Waals surface area contributed by atoms with Crippen LogP contribution in [0.4, 0.5) is 10.5 Å². The third kappa shape index (κ3) is 5.83. The molecule has 25 heavy (non-hydrogen) atoms. The molecule has 140 valence electrons. The summed E-state index contributed by atoms with van der Waals surface area (Å²) in [6, 6.07) is 6.06. The molecule has 1 saturated heterocycles. The average molecular weight is 348 g/mol. The van der Waals surface area contributed by atoms with Crippen LogP contribution in [0.5, 0.6) is 5.75 Å². The zero-order valence-corrected chi connectivity index (χ0v) is 16.2. The second-order valence-corrected chi connectivity index (χ2v) is 8.24. The number of anilines is 1. The minimum Gasteiger partial charge on any atom is -0.491 e. The summed E-state index contributed by atoms with van der Waals surface area (Å²) in [4.78, 5) is 14.0. The van der Waals surface area contributed by atoms with Crippen molar-refractivity contribution in [2.45, 2.75) is 59.0 Å². The highest BCUT2D eigenvalue weighted by Gasteiger charge is 2.27. The van der Waals surface area contributed by atoms with Gasteiger partial charge in [0, 0.05) is 13.1 Å². The van der Waals surface area contributed by atoms with Crippen molar-refractivity contribution in [3.05, 3.63) is 23.8 Å². The number of piperidine rings is 1. The van der Waals surface area contributed by atoms with E-state index < -0.39 is 5.60 Å². The summed E-state index contributed by atoms with van der Waals surface area (Å²) in [5.74, 6) is 1.64. The number of carbonyl (C=O) groups is 1. The number of carbonyl (C=O) groups excluding carboxylic acids is 1. The molecule has 0 unspecified atom stereocenters. The molecule has 0 atom stereocenters. The Labute approximate surface area is 151 Å². The molecule has 2 rings (SSSR count). The molecular formula is C20H32N2O3. The highest BCUT2D eigenvalue weighted by molar-refractivity contribution is 5.68. The minimum atomic E-state index is -0.451. The summed E-state index contributed by atoms with van der Waals surface area (Å²) in [6.45, 7) is 12.0. The third-order valence-corrected chi connectivity index (χ3v) is 4.23. The zero-order valence-electron chi connectivity index (χ0n) is 16.2. The molecular weight excluding hydrogens is 316 g/mol. The Hall–Kier alpha value is -1.91. The van der Waals surface area contributed by atoms with Gasteiger partial charge in [0.2, 0.25) is 0 Å². The molecule has 1 aromatic carbocycles. The Kier molecular flexibility index (Phi) is 6.20. The van der Waals surface area contributed by atoms with Crippen molar-refractivity contribution in [2.75, 3.05) is 25.4 Å². The first-order valence-corrected chi connectivity index (χ1v) is 9.16. The number of ether oxygens (including phenoxy) is 2. The number of nitrogen functional groups attached to an aromatic ring is 1. The molecule has 0 spiro atoms. The fourth-order valence-corrected chi connectivity index (χ4v) is 2.91. The van der Waals surface area contributed by atoms with Crippen LogP contribution in [0, 0.1) is 5.92 Å². The van der Waals surface area contributed by atoms with Gasteiger partial charge < -0.3 is 20.1 Å². The van der Waals surface area contributed by atoms with Crippen molar-refractivity contribution in [3.63, 3.8) is 0 Å². The second kappa shape index (κ2) is 7.98. The van der Waals surface area contributed by atoms with Crippen molar-refractivity contribution in [1.82, 2.24) is 4.90 Å². The fourth-order valence-electron chi connectivity index (χ4n) is 2.91. The van der Waals surface area contributed by atoms with Gasteiger partial charge in [-0.25, -0.2) is 4.79 Å². The predicted octanol–water partition coefficient (Wildman–Crippen LogP) is 4.42. The topological polar surface area (TPSA) is 64.8 Å². The second-order valence-electron chi connectivity index (χ2n) is 8.24. The molecule has 0 aliphatic carbocycles. The molecule has 5 heteroatoms. The molecule has 1 aromatic rings. The van der Waals surface area contributed by atoms with Gasteiger partial charge >= 0.3 is 6.09 Å². The molecule has 0 bridgehead atoms. The predicted molar refractivity (Wildman–Crippen MR) is 101 cm³/mol. The molecule has 1 fully saturated rings. The van der Waals surface area contributed by atoms with Gasteiger partial charge in [0.25, 0.3) is 0 Å². The van der Waals surface area contributed by atoms with Crippen LogP contribution in [0.2, 0.25) is 0 Å². The van der Waals surface area contributed by atoms with E-state index in [1.54, 1.807) is 4.90 Å². The number of hydrogen-bond acceptors (Lipinski definition) is 4. The van der Waals surface area contributed by atoms with Gasteiger partial charge in [-0.15, -0.1) is 0 Å². The van der Waals surface area contributed by atoms with Crippen LogP contribution in [0.3, 0.4) is 0 Å². The van der Waals surface area contributed by atoms with E-state index in [-0.39, 0.29) is 6.09 Å². The smallest absolute Gasteiger partial charge is 0.410 e. The number of amides is 1. The first kappa shape index (κ1) is 19.4. The molecule has 2 N–H and O–H groups in total. The Morgan fingerprint density at radius 1 is 1.28 bits per heavy atom. The van der Waals surface area contributed by atoms with Gasteiger partial charge in [-0.1, -0.05) is 19.9 Å². The zero-order chi connectivity index (χ0) is 18.6. The summed E-state index contributed by atoms with van der Waals surface area (Å²) in [6.07, 6.45) is 1.63. The lowest BCUT2D eigenvalue weighted by Gasteiger charge is -2.33. The molecule has 0 saturated carbocycles. The fraction of sp³-hybridized carbons (Fsp3) is 0.650. The Morgan fingerprint density at radius 3 is 2.48 bits per heavy atom. The van der Waals surface area contributed by atoms with Gasteiger partial charge in [-0.05, 0) is 63.1 Å². The van der Waals surface area contributed by atoms with Crippen molar-refractivity contribution in [1.29, 1.82) is 0 Å². The minimum absolute atomic E-state index is 0.218. The normalized spacial score (nSPS) is 16.2. The SMILES string of the molecule is CC(C)COc1cc(C2CCN(C(=O)OC(C)(C)C)CC2)ccc1N. The molecule has 1 amide bonds. The first-order chi connectivity index (χ1) is 11.7. The van der Waals surface area contributed by atoms with E-state index in [2.05, 4.69) is 26.0 Å². The lowest BCUT2D eigenvalue weighted by Crippen LogP contribution is -2.41. The van der Waals surface area contributed by atoms with Crippen LogP contribution in [0.15, 0.2) is 18.2 Å². The van der Waals surface area contributed by atoms with E-state index >= 15 is 0 Å². The van der Waals surface area contributed by atoms with Crippen molar-refractivity contribution in [3.8, 4) is 5.75 Å². The van der Waals surface area contributed by atoms with E-state index in [0.717, 1.165) is 18.6 Å². The monoisotopic (exact) mass is 348 g/mol. The first-order valence-electron chi connectivity index (χ1n) is 9.16. The van der Waals surface area contributed by atoms with Crippen LogP contribution in [0.25, 0.3) is 0 Å². The highest BCUT2D eigenvalue weighted by Crippen LogP contribution is 2.33. The molecule has 0 radical (unpaired) electrons. The third-order valence-electron chi connectivity index (χ3n) is 4.23. The number of nitrogens with two attached hydrogens (primary N) is 1. The molecule has 0 aromatic heterocycles. The van der Waals surface area contributed by atoms with Crippen molar-refractivity contribution in [2.24, 2.45) is 5.92 Å². The maximum atomic E-state index is 12.2. The largest absolute Gasteiger partial charge is 0.491 e. The quantitative estimate of drug-likeness (QED) is 0.818. The van der Waals surface area contributed by atoms with E-state index in [4.69, 9.17) is 15.2 Å². The molecule has 1 heterocycles. The summed E-state index contributed by atoms with van der Waals surface area (Å²) in [7, 11) is 0. The van der Waals surface area contributed by atoms with Crippen LogP contribution >= 0.6 is 0 Å². The maximum absolute atomic E-state index is 12.2. The van der Waals surface area contributed by atoms with Gasteiger partial charge in [0.1, 0.15) is 11.4 Å². The number of nitrogens with zero attached hydrogens (tertiary/aromatic N) is 1. The van der Waals surface area contributed by atoms with Crippen LogP contribution in [0.1, 0.15) is 58.9 Å².